The molecule has 4 heteroatoms. The summed E-state index contributed by atoms with van der Waals surface area (Å²) in [7, 11) is 0. The molecule has 0 saturated carbocycles. The number of hydrogen-bond acceptors (Lipinski definition) is 3. The molecular formula is C19H18N2O2. The number of aryl methyl sites for hydroxylation is 2. The summed E-state index contributed by atoms with van der Waals surface area (Å²) < 4.78 is 0. The van der Waals surface area contributed by atoms with Crippen LogP contribution in [0.3, 0.4) is 0 Å². The van der Waals surface area contributed by atoms with Gasteiger partial charge in [0.05, 0.1) is 11.2 Å². The Hall–Kier alpha value is -2.88. The number of aromatic nitrogens is 1. The number of phenols is 1. The minimum Gasteiger partial charge on any atom is -0.508 e. The Morgan fingerprint density at radius 1 is 1.09 bits per heavy atom. The van der Waals surface area contributed by atoms with Crippen molar-refractivity contribution in [2.75, 3.05) is 5.32 Å². The van der Waals surface area contributed by atoms with Crippen LogP contribution < -0.4 is 5.32 Å². The minimum absolute atomic E-state index is 0.0935. The number of rotatable bonds is 4. The van der Waals surface area contributed by atoms with Crippen LogP contribution in [0.2, 0.25) is 0 Å². The highest BCUT2D eigenvalue weighted by molar-refractivity contribution is 6.00. The average Bonchev–Trinajstić information content (AvgIpc) is 2.55. The van der Waals surface area contributed by atoms with Gasteiger partial charge in [-0.1, -0.05) is 36.4 Å². The van der Waals surface area contributed by atoms with Gasteiger partial charge in [-0.3, -0.25) is 9.78 Å². The molecule has 1 aromatic heterocycles. The van der Waals surface area contributed by atoms with E-state index in [-0.39, 0.29) is 11.7 Å². The fourth-order valence-corrected chi connectivity index (χ4v) is 2.53. The molecule has 0 fully saturated rings. The summed E-state index contributed by atoms with van der Waals surface area (Å²) >= 11 is 0. The molecule has 3 rings (SSSR count). The number of carbonyl (C=O) groups excluding carboxylic acids is 1. The Bertz CT molecular complexity index is 859. The molecule has 0 unspecified atom stereocenters. The lowest BCUT2D eigenvalue weighted by molar-refractivity contribution is -0.116. The molecule has 3 aromatic rings. The van der Waals surface area contributed by atoms with Crippen LogP contribution in [-0.4, -0.2) is 16.0 Å². The predicted molar refractivity (Wildman–Crippen MR) is 91.5 cm³/mol. The number of phenolic OH excluding ortho intramolecular Hbond substituents is 1. The van der Waals surface area contributed by atoms with E-state index < -0.39 is 0 Å². The lowest BCUT2D eigenvalue weighted by Crippen LogP contribution is -2.13. The summed E-state index contributed by atoms with van der Waals surface area (Å²) in [5.41, 5.74) is 3.19. The van der Waals surface area contributed by atoms with Gasteiger partial charge in [-0.05, 0) is 37.1 Å². The largest absolute Gasteiger partial charge is 0.508 e. The number of pyridine rings is 1. The highest BCUT2D eigenvalue weighted by Crippen LogP contribution is 2.22. The Morgan fingerprint density at radius 2 is 1.91 bits per heavy atom. The van der Waals surface area contributed by atoms with Gasteiger partial charge < -0.3 is 10.4 Å². The van der Waals surface area contributed by atoms with Gasteiger partial charge in [-0.2, -0.15) is 0 Å². The second-order valence-corrected chi connectivity index (χ2v) is 5.51. The number of fused-ring (bicyclic) bond motifs is 1. The van der Waals surface area contributed by atoms with Crippen molar-refractivity contribution in [1.29, 1.82) is 0 Å². The molecular weight excluding hydrogens is 288 g/mol. The third-order valence-electron chi connectivity index (χ3n) is 3.75. The number of amides is 1. The van der Waals surface area contributed by atoms with Crippen LogP contribution in [-0.2, 0) is 11.2 Å². The van der Waals surface area contributed by atoms with E-state index in [0.717, 1.165) is 22.2 Å². The fraction of sp³-hybridized carbons (Fsp3) is 0.158. The van der Waals surface area contributed by atoms with E-state index in [1.165, 1.54) is 0 Å². The molecule has 2 N–H and O–H groups in total. The standard InChI is InChI=1S/C19H18N2O2/c1-13-9-10-15-6-4-7-16(19(15)20-13)21-18(23)12-11-14-5-2-3-8-17(14)22/h2-10,22H,11-12H2,1H3,(H,21,23). The monoisotopic (exact) mass is 306 g/mol. The topological polar surface area (TPSA) is 62.2 Å². The van der Waals surface area contributed by atoms with Gasteiger partial charge in [0.2, 0.25) is 5.91 Å². The first-order chi connectivity index (χ1) is 11.1. The number of nitrogens with one attached hydrogen (secondary N) is 1. The molecule has 2 aromatic carbocycles. The molecule has 0 bridgehead atoms. The summed E-state index contributed by atoms with van der Waals surface area (Å²) in [5, 5.41) is 13.7. The average molecular weight is 306 g/mol. The summed E-state index contributed by atoms with van der Waals surface area (Å²) in [6.45, 7) is 1.93. The highest BCUT2D eigenvalue weighted by Gasteiger charge is 2.08. The third kappa shape index (κ3) is 3.48. The van der Waals surface area contributed by atoms with Gasteiger partial charge in [0.25, 0.3) is 0 Å². The molecule has 0 aliphatic rings. The molecule has 0 spiro atoms. The van der Waals surface area contributed by atoms with E-state index in [0.29, 0.717) is 18.5 Å². The first-order valence-electron chi connectivity index (χ1n) is 7.56. The van der Waals surface area contributed by atoms with E-state index in [1.807, 2.05) is 49.4 Å². The molecule has 0 saturated heterocycles. The first-order valence-corrected chi connectivity index (χ1v) is 7.56. The molecule has 0 aliphatic heterocycles. The molecule has 1 amide bonds. The molecule has 0 aliphatic carbocycles. The number of carbonyl (C=O) groups is 1. The van der Waals surface area contributed by atoms with Crippen molar-refractivity contribution in [3.63, 3.8) is 0 Å². The maximum absolute atomic E-state index is 12.2. The van der Waals surface area contributed by atoms with Crippen molar-refractivity contribution in [2.24, 2.45) is 0 Å². The zero-order valence-electron chi connectivity index (χ0n) is 12.9. The second kappa shape index (κ2) is 6.48. The van der Waals surface area contributed by atoms with Gasteiger partial charge in [0, 0.05) is 17.5 Å². The van der Waals surface area contributed by atoms with E-state index in [4.69, 9.17) is 0 Å². The smallest absolute Gasteiger partial charge is 0.224 e. The van der Waals surface area contributed by atoms with E-state index in [1.54, 1.807) is 12.1 Å². The second-order valence-electron chi connectivity index (χ2n) is 5.51. The molecule has 0 radical (unpaired) electrons. The number of nitrogens with zero attached hydrogens (tertiary/aromatic N) is 1. The number of hydrogen-bond donors (Lipinski definition) is 2. The van der Waals surface area contributed by atoms with Crippen molar-refractivity contribution < 1.29 is 9.90 Å². The van der Waals surface area contributed by atoms with Gasteiger partial charge >= 0.3 is 0 Å². The number of anilines is 1. The van der Waals surface area contributed by atoms with Crippen molar-refractivity contribution in [3.8, 4) is 5.75 Å². The van der Waals surface area contributed by atoms with Crippen LogP contribution >= 0.6 is 0 Å². The highest BCUT2D eigenvalue weighted by atomic mass is 16.3. The quantitative estimate of drug-likeness (QED) is 0.770. The number of benzene rings is 2. The van der Waals surface area contributed by atoms with Crippen LogP contribution in [0.4, 0.5) is 5.69 Å². The van der Waals surface area contributed by atoms with Crippen LogP contribution in [0, 0.1) is 6.92 Å². The van der Waals surface area contributed by atoms with Crippen LogP contribution in [0.25, 0.3) is 10.9 Å². The van der Waals surface area contributed by atoms with E-state index in [2.05, 4.69) is 10.3 Å². The maximum atomic E-state index is 12.2. The number of aromatic hydroxyl groups is 1. The van der Waals surface area contributed by atoms with Gasteiger partial charge in [-0.25, -0.2) is 0 Å². The van der Waals surface area contributed by atoms with Crippen LogP contribution in [0.15, 0.2) is 54.6 Å². The number of para-hydroxylation sites is 2. The van der Waals surface area contributed by atoms with E-state index in [9.17, 15) is 9.90 Å². The lowest BCUT2D eigenvalue weighted by Gasteiger charge is -2.09. The van der Waals surface area contributed by atoms with Crippen LogP contribution in [0.1, 0.15) is 17.7 Å². The Morgan fingerprint density at radius 3 is 2.74 bits per heavy atom. The lowest BCUT2D eigenvalue weighted by atomic mass is 10.1. The van der Waals surface area contributed by atoms with Crippen molar-refractivity contribution >= 4 is 22.5 Å². The van der Waals surface area contributed by atoms with Gasteiger partial charge in [0.1, 0.15) is 5.75 Å². The zero-order chi connectivity index (χ0) is 16.2. The summed E-state index contributed by atoms with van der Waals surface area (Å²) in [6, 6.07) is 16.7. The molecule has 116 valence electrons. The van der Waals surface area contributed by atoms with Crippen molar-refractivity contribution in [1.82, 2.24) is 4.98 Å². The fourth-order valence-electron chi connectivity index (χ4n) is 2.53. The Labute approximate surface area is 134 Å². The molecule has 0 atom stereocenters. The zero-order valence-corrected chi connectivity index (χ0v) is 12.9. The predicted octanol–water partition coefficient (Wildman–Crippen LogP) is 3.82. The summed E-state index contributed by atoms with van der Waals surface area (Å²) in [6.07, 6.45) is 0.801. The maximum Gasteiger partial charge on any atom is 0.224 e. The molecule has 4 nitrogen and oxygen atoms in total. The van der Waals surface area contributed by atoms with Crippen LogP contribution in [0.5, 0.6) is 5.75 Å². The molecule has 1 heterocycles. The Kier molecular flexibility index (Phi) is 4.24. The first kappa shape index (κ1) is 15.0. The SMILES string of the molecule is Cc1ccc2cccc(NC(=O)CCc3ccccc3O)c2n1. The summed E-state index contributed by atoms with van der Waals surface area (Å²) in [5.74, 6) is 0.131. The van der Waals surface area contributed by atoms with Crippen molar-refractivity contribution in [3.05, 3.63) is 65.9 Å². The normalized spacial score (nSPS) is 10.7. The minimum atomic E-state index is -0.0935. The Balaban J connectivity index is 1.73. The van der Waals surface area contributed by atoms with Crippen molar-refractivity contribution in [2.45, 2.75) is 19.8 Å². The van der Waals surface area contributed by atoms with Gasteiger partial charge in [-0.15, -0.1) is 0 Å². The summed E-state index contributed by atoms with van der Waals surface area (Å²) in [4.78, 5) is 16.7. The third-order valence-corrected chi connectivity index (χ3v) is 3.75. The van der Waals surface area contributed by atoms with Gasteiger partial charge in [0.15, 0.2) is 0 Å². The van der Waals surface area contributed by atoms with E-state index >= 15 is 0 Å². The molecule has 23 heavy (non-hydrogen) atoms.